The fourth-order valence-electron chi connectivity index (χ4n) is 3.15. The van der Waals surface area contributed by atoms with Crippen LogP contribution in [0, 0.1) is 16.0 Å². The van der Waals surface area contributed by atoms with Gasteiger partial charge in [0.05, 0.1) is 5.56 Å². The first-order valence-electron chi connectivity index (χ1n) is 6.74. The highest BCUT2D eigenvalue weighted by Crippen LogP contribution is 2.32. The summed E-state index contributed by atoms with van der Waals surface area (Å²) < 4.78 is 0.625. The second-order valence-corrected chi connectivity index (χ2v) is 5.56. The summed E-state index contributed by atoms with van der Waals surface area (Å²) in [6.07, 6.45) is 7.02. The summed E-state index contributed by atoms with van der Waals surface area (Å²) in [4.78, 5) is 5.72. The molecule has 0 amide bonds. The lowest BCUT2D eigenvalue weighted by molar-refractivity contribution is 0.676. The van der Waals surface area contributed by atoms with E-state index >= 15 is 0 Å². The average molecular weight is 259 g/mol. The summed E-state index contributed by atoms with van der Waals surface area (Å²) in [6, 6.07) is 2.29. The zero-order valence-electron chi connectivity index (χ0n) is 10.5. The summed E-state index contributed by atoms with van der Waals surface area (Å²) in [7, 11) is 0. The Morgan fingerprint density at radius 3 is 2.39 bits per heavy atom. The number of hydrogen-bond acceptors (Lipinski definition) is 3. The lowest BCUT2D eigenvalue weighted by atomic mass is 9.89. The number of nitrogens with one attached hydrogen (secondary N) is 1. The number of rotatable bonds is 1. The zero-order valence-corrected chi connectivity index (χ0v) is 11.3. The van der Waals surface area contributed by atoms with Crippen molar-refractivity contribution in [1.29, 1.82) is 5.26 Å². The molecule has 1 aliphatic heterocycles. The maximum atomic E-state index is 9.28. The molecule has 3 rings (SSSR count). The van der Waals surface area contributed by atoms with E-state index in [2.05, 4.69) is 16.0 Å². The zero-order chi connectivity index (χ0) is 12.5. The van der Waals surface area contributed by atoms with Crippen LogP contribution in [0.1, 0.15) is 42.4 Å². The van der Waals surface area contributed by atoms with Crippen LogP contribution in [0.4, 0.5) is 5.82 Å². The maximum absolute atomic E-state index is 9.28. The number of nitrogens with zero attached hydrogens (tertiary/aromatic N) is 2. The Kier molecular flexibility index (Phi) is 3.09. The van der Waals surface area contributed by atoms with Crippen LogP contribution >= 0.6 is 12.2 Å². The first kappa shape index (κ1) is 11.7. The van der Waals surface area contributed by atoms with Crippen LogP contribution in [0.5, 0.6) is 0 Å². The molecular formula is C14H17N3S. The lowest BCUT2D eigenvalue weighted by Crippen LogP contribution is -2.23. The highest BCUT2D eigenvalue weighted by Gasteiger charge is 2.23. The van der Waals surface area contributed by atoms with E-state index in [4.69, 9.17) is 12.2 Å². The Balaban J connectivity index is 2.18. The maximum Gasteiger partial charge on any atom is 0.123 e. The molecule has 0 bridgehead atoms. The fraction of sp³-hybridized carbons (Fsp3) is 0.571. The van der Waals surface area contributed by atoms with Crippen molar-refractivity contribution in [3.05, 3.63) is 21.3 Å². The number of anilines is 1. The number of hydrogen-bond donors (Lipinski definition) is 1. The minimum Gasteiger partial charge on any atom is -0.358 e. The third-order valence-electron chi connectivity index (χ3n) is 4.05. The van der Waals surface area contributed by atoms with E-state index in [1.807, 2.05) is 0 Å². The largest absolute Gasteiger partial charge is 0.358 e. The van der Waals surface area contributed by atoms with E-state index in [-0.39, 0.29) is 0 Å². The second kappa shape index (κ2) is 4.74. The van der Waals surface area contributed by atoms with Crippen molar-refractivity contribution in [3.8, 4) is 6.07 Å². The third kappa shape index (κ3) is 1.83. The van der Waals surface area contributed by atoms with E-state index in [1.165, 1.54) is 42.6 Å². The van der Waals surface area contributed by atoms with Crippen LogP contribution in [0.2, 0.25) is 0 Å². The quantitative estimate of drug-likeness (QED) is 0.788. The van der Waals surface area contributed by atoms with Crippen LogP contribution < -0.4 is 4.90 Å². The van der Waals surface area contributed by atoms with Gasteiger partial charge >= 0.3 is 0 Å². The Hall–Kier alpha value is -1.34. The molecule has 1 saturated heterocycles. The van der Waals surface area contributed by atoms with Gasteiger partial charge in [-0.1, -0.05) is 12.2 Å². The molecule has 0 radical (unpaired) electrons. The predicted molar refractivity (Wildman–Crippen MR) is 74.4 cm³/mol. The molecule has 0 saturated carbocycles. The average Bonchev–Trinajstić information content (AvgIpc) is 2.91. The van der Waals surface area contributed by atoms with Gasteiger partial charge < -0.3 is 9.88 Å². The summed E-state index contributed by atoms with van der Waals surface area (Å²) in [5.74, 6) is 1.20. The minimum absolute atomic E-state index is 0.625. The molecule has 3 nitrogen and oxygen atoms in total. The molecule has 0 atom stereocenters. The first-order valence-corrected chi connectivity index (χ1v) is 7.15. The van der Waals surface area contributed by atoms with E-state index in [0.29, 0.717) is 10.2 Å². The number of fused-ring (bicyclic) bond motifs is 1. The molecule has 1 N–H and O–H groups in total. The van der Waals surface area contributed by atoms with E-state index in [1.54, 1.807) is 0 Å². The second-order valence-electron chi connectivity index (χ2n) is 5.15. The minimum atomic E-state index is 0.625. The number of H-pyrrole nitrogens is 1. The SMILES string of the molecule is N#Cc1c2c(c(N3CCCC3)[nH]c1=S)CCCC2. The summed E-state index contributed by atoms with van der Waals surface area (Å²) >= 11 is 5.35. The number of aromatic nitrogens is 1. The Labute approximate surface area is 112 Å². The molecule has 4 heteroatoms. The van der Waals surface area contributed by atoms with Crippen molar-refractivity contribution in [3.63, 3.8) is 0 Å². The normalized spacial score (nSPS) is 18.5. The predicted octanol–water partition coefficient (Wildman–Crippen LogP) is 3.09. The van der Waals surface area contributed by atoms with Crippen molar-refractivity contribution >= 4 is 18.0 Å². The van der Waals surface area contributed by atoms with Crippen LogP contribution in [0.15, 0.2) is 0 Å². The molecular weight excluding hydrogens is 242 g/mol. The van der Waals surface area contributed by atoms with E-state index in [0.717, 1.165) is 25.9 Å². The number of pyridine rings is 1. The Morgan fingerprint density at radius 2 is 1.72 bits per heavy atom. The van der Waals surface area contributed by atoms with Gasteiger partial charge in [0, 0.05) is 13.1 Å². The number of nitriles is 1. The smallest absolute Gasteiger partial charge is 0.123 e. The highest BCUT2D eigenvalue weighted by molar-refractivity contribution is 7.71. The Morgan fingerprint density at radius 1 is 1.06 bits per heavy atom. The van der Waals surface area contributed by atoms with Gasteiger partial charge in [0.25, 0.3) is 0 Å². The third-order valence-corrected chi connectivity index (χ3v) is 4.35. The van der Waals surface area contributed by atoms with Gasteiger partial charge in [-0.05, 0) is 49.7 Å². The molecule has 0 aromatic carbocycles. The summed E-state index contributed by atoms with van der Waals surface area (Å²) in [5.41, 5.74) is 3.28. The van der Waals surface area contributed by atoms with Crippen molar-refractivity contribution < 1.29 is 0 Å². The number of aromatic amines is 1. The van der Waals surface area contributed by atoms with Crippen molar-refractivity contribution in [2.45, 2.75) is 38.5 Å². The van der Waals surface area contributed by atoms with E-state index in [9.17, 15) is 5.26 Å². The van der Waals surface area contributed by atoms with Gasteiger partial charge in [0.15, 0.2) is 0 Å². The van der Waals surface area contributed by atoms with Crippen LogP contribution in [-0.4, -0.2) is 18.1 Å². The van der Waals surface area contributed by atoms with Gasteiger partial charge in [-0.3, -0.25) is 0 Å². The van der Waals surface area contributed by atoms with Crippen molar-refractivity contribution in [2.24, 2.45) is 0 Å². The molecule has 2 heterocycles. The van der Waals surface area contributed by atoms with Crippen LogP contribution in [-0.2, 0) is 12.8 Å². The van der Waals surface area contributed by atoms with E-state index < -0.39 is 0 Å². The topological polar surface area (TPSA) is 42.8 Å². The molecule has 94 valence electrons. The molecule has 2 aliphatic rings. The van der Waals surface area contributed by atoms with Crippen LogP contribution in [0.3, 0.4) is 0 Å². The molecule has 0 unspecified atom stereocenters. The molecule has 18 heavy (non-hydrogen) atoms. The standard InChI is InChI=1S/C14H17N3S/c15-9-12-10-5-1-2-6-11(10)13(16-14(12)18)17-7-3-4-8-17/h1-8H2,(H,16,18). The summed E-state index contributed by atoms with van der Waals surface area (Å²) in [5, 5.41) is 9.28. The fourth-order valence-corrected chi connectivity index (χ4v) is 3.42. The summed E-state index contributed by atoms with van der Waals surface area (Å²) in [6.45, 7) is 2.23. The van der Waals surface area contributed by atoms with Gasteiger partial charge in [0.1, 0.15) is 16.5 Å². The molecule has 1 aromatic heterocycles. The van der Waals surface area contributed by atoms with Gasteiger partial charge in [-0.15, -0.1) is 0 Å². The molecule has 1 aromatic rings. The lowest BCUT2D eigenvalue weighted by Gasteiger charge is -2.26. The molecule has 0 spiro atoms. The van der Waals surface area contributed by atoms with Crippen LogP contribution in [0.25, 0.3) is 0 Å². The molecule has 1 aliphatic carbocycles. The van der Waals surface area contributed by atoms with Gasteiger partial charge in [0.2, 0.25) is 0 Å². The first-order chi connectivity index (χ1) is 8.81. The molecule has 1 fully saturated rings. The monoisotopic (exact) mass is 259 g/mol. The van der Waals surface area contributed by atoms with Crippen molar-refractivity contribution in [2.75, 3.05) is 18.0 Å². The Bertz CT molecular complexity index is 562. The van der Waals surface area contributed by atoms with Gasteiger partial charge in [-0.25, -0.2) is 0 Å². The van der Waals surface area contributed by atoms with Gasteiger partial charge in [-0.2, -0.15) is 5.26 Å². The highest BCUT2D eigenvalue weighted by atomic mass is 32.1. The van der Waals surface area contributed by atoms with Crippen molar-refractivity contribution in [1.82, 2.24) is 4.98 Å².